The van der Waals surface area contributed by atoms with Crippen molar-refractivity contribution < 1.29 is 24.1 Å². The van der Waals surface area contributed by atoms with Crippen LogP contribution in [-0.4, -0.2) is 45.2 Å². The van der Waals surface area contributed by atoms with E-state index in [2.05, 4.69) is 36.4 Å². The predicted molar refractivity (Wildman–Crippen MR) is 127 cm³/mol. The number of fused-ring (bicyclic) bond motifs is 3. The van der Waals surface area contributed by atoms with Crippen LogP contribution < -0.4 is 19.5 Å². The summed E-state index contributed by atoms with van der Waals surface area (Å²) in [5.41, 5.74) is 2.89. The van der Waals surface area contributed by atoms with E-state index in [4.69, 9.17) is 19.3 Å². The lowest BCUT2D eigenvalue weighted by molar-refractivity contribution is -0.139. The number of nitrogens with zero attached hydrogens (tertiary/aromatic N) is 3. The Morgan fingerprint density at radius 2 is 2.03 bits per heavy atom. The molecule has 2 N–H and O–H groups in total. The highest BCUT2D eigenvalue weighted by molar-refractivity contribution is 9.10. The van der Waals surface area contributed by atoms with Crippen LogP contribution in [0.3, 0.4) is 0 Å². The van der Waals surface area contributed by atoms with Gasteiger partial charge in [0.1, 0.15) is 0 Å². The van der Waals surface area contributed by atoms with Crippen molar-refractivity contribution in [3.8, 4) is 28.6 Å². The summed E-state index contributed by atoms with van der Waals surface area (Å²) >= 11 is 4.99. The summed E-state index contributed by atoms with van der Waals surface area (Å²) in [5, 5.41) is 21.5. The van der Waals surface area contributed by atoms with E-state index >= 15 is 0 Å². The third-order valence-electron chi connectivity index (χ3n) is 4.58. The summed E-state index contributed by atoms with van der Waals surface area (Å²) < 4.78 is 18.2. The Hall–Kier alpha value is -3.05. The van der Waals surface area contributed by atoms with Crippen LogP contribution in [0.2, 0.25) is 0 Å². The maximum absolute atomic E-state index is 10.9. The lowest BCUT2D eigenvalue weighted by Gasteiger charge is -2.21. The number of aromatic nitrogens is 3. The second kappa shape index (κ2) is 10.3. The third kappa shape index (κ3) is 5.31. The van der Waals surface area contributed by atoms with Crippen LogP contribution in [0.5, 0.6) is 17.4 Å². The highest BCUT2D eigenvalue weighted by Gasteiger charge is 2.27. The number of benzene rings is 2. The Bertz CT molecular complexity index is 1180. The molecule has 11 heteroatoms. The van der Waals surface area contributed by atoms with E-state index < -0.39 is 18.8 Å². The zero-order valence-corrected chi connectivity index (χ0v) is 20.3. The molecule has 2 aromatic carbocycles. The standard InChI is InChI=1S/C22H21BrN4O5S/c1-3-30-17-9-12(5-8-16(17)31-11-18(28)29)20-24-15-7-6-13(23)10-14(15)19-21(32-20)25-22(27-26-19)33-4-2/h5-10,20,24H,3-4,11H2,1-2H3,(H,28,29)/t20-/m1/s1. The van der Waals surface area contributed by atoms with Gasteiger partial charge in [0.2, 0.25) is 11.0 Å². The molecule has 172 valence electrons. The first-order valence-electron chi connectivity index (χ1n) is 10.2. The zero-order chi connectivity index (χ0) is 23.4. The van der Waals surface area contributed by atoms with Gasteiger partial charge in [0.05, 0.1) is 6.61 Å². The summed E-state index contributed by atoms with van der Waals surface area (Å²) in [6.45, 7) is 3.78. The Labute approximate surface area is 203 Å². The summed E-state index contributed by atoms with van der Waals surface area (Å²) in [6, 6.07) is 11.0. The highest BCUT2D eigenvalue weighted by atomic mass is 79.9. The minimum Gasteiger partial charge on any atom is -0.490 e. The van der Waals surface area contributed by atoms with Crippen molar-refractivity contribution in [2.45, 2.75) is 25.2 Å². The second-order valence-electron chi connectivity index (χ2n) is 6.83. The summed E-state index contributed by atoms with van der Waals surface area (Å²) in [5.74, 6) is 0.860. The molecule has 0 saturated carbocycles. The molecule has 0 amide bonds. The van der Waals surface area contributed by atoms with E-state index in [0.29, 0.717) is 34.8 Å². The van der Waals surface area contributed by atoms with Crippen molar-refractivity contribution in [3.63, 3.8) is 0 Å². The van der Waals surface area contributed by atoms with Crippen molar-refractivity contribution in [2.75, 3.05) is 24.3 Å². The molecule has 2 heterocycles. The minimum atomic E-state index is -1.07. The number of aliphatic carboxylic acids is 1. The fraction of sp³-hybridized carbons (Fsp3) is 0.273. The van der Waals surface area contributed by atoms with Gasteiger partial charge in [-0.1, -0.05) is 34.6 Å². The van der Waals surface area contributed by atoms with Gasteiger partial charge in [-0.3, -0.25) is 0 Å². The van der Waals surface area contributed by atoms with Crippen molar-refractivity contribution in [3.05, 3.63) is 46.4 Å². The molecule has 9 nitrogen and oxygen atoms in total. The van der Waals surface area contributed by atoms with Crippen LogP contribution >= 0.6 is 27.7 Å². The van der Waals surface area contributed by atoms with Crippen LogP contribution in [0, 0.1) is 0 Å². The Balaban J connectivity index is 1.75. The molecule has 1 aliphatic heterocycles. The fourth-order valence-electron chi connectivity index (χ4n) is 3.23. The molecule has 4 rings (SSSR count). The van der Waals surface area contributed by atoms with Gasteiger partial charge in [-0.25, -0.2) is 4.79 Å². The molecule has 0 saturated heterocycles. The lowest BCUT2D eigenvalue weighted by atomic mass is 10.1. The number of anilines is 1. The van der Waals surface area contributed by atoms with Gasteiger partial charge in [-0.15, -0.1) is 10.2 Å². The summed E-state index contributed by atoms with van der Waals surface area (Å²) in [7, 11) is 0. The number of rotatable bonds is 8. The minimum absolute atomic E-state index is 0.340. The molecule has 3 aromatic rings. The number of hydrogen-bond donors (Lipinski definition) is 2. The van der Waals surface area contributed by atoms with Crippen molar-refractivity contribution in [2.24, 2.45) is 0 Å². The van der Waals surface area contributed by atoms with E-state index in [1.807, 2.05) is 32.0 Å². The van der Waals surface area contributed by atoms with E-state index in [1.165, 1.54) is 11.8 Å². The number of thioether (sulfide) groups is 1. The topological polar surface area (TPSA) is 116 Å². The van der Waals surface area contributed by atoms with E-state index in [1.54, 1.807) is 18.2 Å². The van der Waals surface area contributed by atoms with Crippen LogP contribution in [0.1, 0.15) is 25.6 Å². The average molecular weight is 533 g/mol. The van der Waals surface area contributed by atoms with Crippen molar-refractivity contribution in [1.29, 1.82) is 0 Å². The van der Waals surface area contributed by atoms with Crippen LogP contribution in [0.15, 0.2) is 46.0 Å². The van der Waals surface area contributed by atoms with Crippen LogP contribution in [0.25, 0.3) is 11.3 Å². The normalized spacial score (nSPS) is 14.2. The summed E-state index contributed by atoms with van der Waals surface area (Å²) in [6.07, 6.45) is -0.616. The number of carboxylic acids is 1. The predicted octanol–water partition coefficient (Wildman–Crippen LogP) is 4.78. The number of nitrogens with one attached hydrogen (secondary N) is 1. The molecular formula is C22H21BrN4O5S. The van der Waals surface area contributed by atoms with E-state index in [0.717, 1.165) is 27.0 Å². The van der Waals surface area contributed by atoms with Crippen LogP contribution in [0.4, 0.5) is 5.69 Å². The first-order chi connectivity index (χ1) is 16.0. The SMILES string of the molecule is CCOc1cc([C@@H]2Nc3ccc(Br)cc3-c3nnc(SCC)nc3O2)ccc1OCC(=O)O. The monoisotopic (exact) mass is 532 g/mol. The molecule has 0 radical (unpaired) electrons. The van der Waals surface area contributed by atoms with Gasteiger partial charge < -0.3 is 24.6 Å². The Morgan fingerprint density at radius 3 is 2.79 bits per heavy atom. The largest absolute Gasteiger partial charge is 0.490 e. The molecule has 0 spiro atoms. The number of ether oxygens (including phenoxy) is 3. The zero-order valence-electron chi connectivity index (χ0n) is 17.9. The molecule has 1 aliphatic rings. The van der Waals surface area contributed by atoms with Gasteiger partial charge in [0, 0.05) is 21.3 Å². The number of carboxylic acid groups (broad SMARTS) is 1. The molecule has 0 unspecified atom stereocenters. The highest BCUT2D eigenvalue weighted by Crippen LogP contribution is 2.42. The summed E-state index contributed by atoms with van der Waals surface area (Å²) in [4.78, 5) is 15.5. The van der Waals surface area contributed by atoms with Gasteiger partial charge in [0.25, 0.3) is 0 Å². The Kier molecular flexibility index (Phi) is 7.19. The second-order valence-corrected chi connectivity index (χ2v) is 8.98. The number of hydrogen-bond acceptors (Lipinski definition) is 9. The smallest absolute Gasteiger partial charge is 0.341 e. The van der Waals surface area contributed by atoms with E-state index in [9.17, 15) is 4.79 Å². The molecule has 33 heavy (non-hydrogen) atoms. The van der Waals surface area contributed by atoms with Gasteiger partial charge in [-0.2, -0.15) is 4.98 Å². The van der Waals surface area contributed by atoms with E-state index in [-0.39, 0.29) is 0 Å². The maximum atomic E-state index is 10.9. The molecule has 1 atom stereocenters. The van der Waals surface area contributed by atoms with Crippen molar-refractivity contribution in [1.82, 2.24) is 15.2 Å². The van der Waals surface area contributed by atoms with Gasteiger partial charge in [0.15, 0.2) is 30.0 Å². The molecule has 0 bridgehead atoms. The number of carbonyl (C=O) groups is 1. The molecular weight excluding hydrogens is 512 g/mol. The lowest BCUT2D eigenvalue weighted by Crippen LogP contribution is -2.17. The van der Waals surface area contributed by atoms with Crippen molar-refractivity contribution >= 4 is 39.3 Å². The molecule has 0 aliphatic carbocycles. The maximum Gasteiger partial charge on any atom is 0.341 e. The molecule has 0 fully saturated rings. The van der Waals surface area contributed by atoms with Gasteiger partial charge >= 0.3 is 5.97 Å². The quantitative estimate of drug-likeness (QED) is 0.392. The average Bonchev–Trinajstić information content (AvgIpc) is 2.95. The Morgan fingerprint density at radius 1 is 1.18 bits per heavy atom. The molecule has 1 aromatic heterocycles. The van der Waals surface area contributed by atoms with Crippen LogP contribution in [-0.2, 0) is 4.79 Å². The fourth-order valence-corrected chi connectivity index (χ4v) is 4.09. The first-order valence-corrected chi connectivity index (χ1v) is 12.0. The third-order valence-corrected chi connectivity index (χ3v) is 5.80. The number of halogens is 1. The van der Waals surface area contributed by atoms with Gasteiger partial charge in [-0.05, 0) is 49.1 Å². The first kappa shape index (κ1) is 23.1.